The SMILES string of the molecule is CC=CC[C@@H](C)[C@@H](O)[C@@H]1C(=O)N[C@@H](CC)C(=O)N(C)CC(=O)N(C)[C@@H]([C@@H](C)OCC=CCN2CCOCC2)C(=O)N[C@@H](C(C)C)C(=O)N(C)[C@H](CC(C)C)C(=O)N[C@@H](C)C(=O)N[C@H](C)C(=O)N(C)[C@@H](CC(C)C)C(=O)N(C)[C@@H](CC(C)C)C(=O)N(C)[C@@H](C(C)C)C(=O)N1C. The van der Waals surface area contributed by atoms with Crippen LogP contribution in [-0.4, -0.2) is 277 Å². The predicted molar refractivity (Wildman–Crippen MR) is 361 cm³/mol. The van der Waals surface area contributed by atoms with Crippen LogP contribution in [0.5, 0.6) is 0 Å². The van der Waals surface area contributed by atoms with Gasteiger partial charge in [-0.1, -0.05) is 107 Å². The van der Waals surface area contributed by atoms with Crippen molar-refractivity contribution in [2.45, 2.75) is 216 Å². The van der Waals surface area contributed by atoms with E-state index < -0.39 is 162 Å². The fourth-order valence-electron chi connectivity index (χ4n) is 11.8. The largest absolute Gasteiger partial charge is 0.390 e. The maximum Gasteiger partial charge on any atom is 0.246 e. The second-order valence-electron chi connectivity index (χ2n) is 27.8. The summed E-state index contributed by atoms with van der Waals surface area (Å²) in [5, 5.41) is 23.2. The molecule has 26 nitrogen and oxygen atoms in total. The first-order chi connectivity index (χ1) is 43.8. The van der Waals surface area contributed by atoms with Crippen molar-refractivity contribution in [2.75, 3.05) is 95.3 Å². The van der Waals surface area contributed by atoms with E-state index >= 15 is 14.4 Å². The Labute approximate surface area is 561 Å². The number of rotatable bonds is 19. The molecule has 2 heterocycles. The number of likely N-dealkylation sites (N-methyl/N-ethyl adjacent to an activating group) is 7. The number of carbonyl (C=O) groups is 11. The van der Waals surface area contributed by atoms with E-state index in [-0.39, 0.29) is 50.0 Å². The molecule has 0 aliphatic carbocycles. The van der Waals surface area contributed by atoms with Gasteiger partial charge in [-0.2, -0.15) is 0 Å². The lowest BCUT2D eigenvalue weighted by Crippen LogP contribution is -2.63. The highest BCUT2D eigenvalue weighted by Gasteiger charge is 2.46. The van der Waals surface area contributed by atoms with Gasteiger partial charge in [-0.15, -0.1) is 0 Å². The van der Waals surface area contributed by atoms with Crippen LogP contribution < -0.4 is 21.3 Å². The quantitative estimate of drug-likeness (QED) is 0.116. The summed E-state index contributed by atoms with van der Waals surface area (Å²) in [6.07, 6.45) is 5.45. The molecule has 26 heteroatoms. The minimum absolute atomic E-state index is 0.00830. The average Bonchev–Trinajstić information content (AvgIpc) is 0.810. The lowest BCUT2D eigenvalue weighted by molar-refractivity contribution is -0.157. The van der Waals surface area contributed by atoms with Crippen LogP contribution in [0.1, 0.15) is 143 Å². The van der Waals surface area contributed by atoms with Crippen molar-refractivity contribution >= 4 is 65.0 Å². The van der Waals surface area contributed by atoms with Crippen LogP contribution in [0.3, 0.4) is 0 Å². The maximum atomic E-state index is 15.2. The number of aliphatic hydroxyl groups excluding tert-OH is 1. The summed E-state index contributed by atoms with van der Waals surface area (Å²) in [5.74, 6) is -10.1. The van der Waals surface area contributed by atoms with Crippen LogP contribution in [0, 0.1) is 35.5 Å². The highest BCUT2D eigenvalue weighted by Crippen LogP contribution is 2.26. The van der Waals surface area contributed by atoms with Gasteiger partial charge in [0.2, 0.25) is 65.0 Å². The molecular weight excluding hydrogens is 1210 g/mol. The van der Waals surface area contributed by atoms with Crippen LogP contribution in [0.4, 0.5) is 0 Å². The number of amides is 11. The van der Waals surface area contributed by atoms with Crippen molar-refractivity contribution in [3.63, 3.8) is 0 Å². The molecule has 2 aliphatic rings. The van der Waals surface area contributed by atoms with Gasteiger partial charge in [0.05, 0.1) is 38.6 Å². The second kappa shape index (κ2) is 39.5. The lowest BCUT2D eigenvalue weighted by Gasteiger charge is -2.41. The molecule has 0 aromatic heterocycles. The molecule has 0 saturated carbocycles. The van der Waals surface area contributed by atoms with Gasteiger partial charge in [-0.3, -0.25) is 57.6 Å². The van der Waals surface area contributed by atoms with Crippen LogP contribution in [0.25, 0.3) is 0 Å². The molecule has 0 spiro atoms. The van der Waals surface area contributed by atoms with Gasteiger partial charge < -0.3 is 70.1 Å². The van der Waals surface area contributed by atoms with Gasteiger partial charge in [0.25, 0.3) is 0 Å². The number of nitrogens with zero attached hydrogens (tertiary/aromatic N) is 8. The normalized spacial score (nSPS) is 27.0. The Morgan fingerprint density at radius 3 is 1.52 bits per heavy atom. The third kappa shape index (κ3) is 24.0. The molecule has 11 amide bonds. The minimum Gasteiger partial charge on any atom is -0.390 e. The molecule has 0 unspecified atom stereocenters. The standard InChI is InChI=1S/C68H120N12O14/c1-24-26-29-45(13)58(82)57-62(86)71-49(25-2)64(88)73(17)39-53(81)77(21)56(48(16)94-33-28-27-30-80-31-34-93-35-32-80)61(85)72-54(43(9)10)67(91)74(18)50(36-40(3)4)60(84)69-46(14)59(83)70-47(15)63(87)75(19)51(37-41(5)6)65(89)76(20)52(38-42(7)8)66(90)78(22)55(44(11)12)68(92)79(57)23/h24,26-28,40-52,54-58,82H,25,29-39H2,1-23H3,(H,69,84)(H,70,83)(H,71,86)(H,72,85)/t45-,46+,47-,48-,49+,50-,51+,52+,54+,55+,56+,57-,58-/m1/s1. The fourth-order valence-corrected chi connectivity index (χ4v) is 11.8. The minimum atomic E-state index is -1.64. The second-order valence-corrected chi connectivity index (χ2v) is 27.8. The monoisotopic (exact) mass is 1330 g/mol. The Hall–Kier alpha value is -6.51. The van der Waals surface area contributed by atoms with E-state index in [1.165, 1.54) is 82.8 Å². The summed E-state index contributed by atoms with van der Waals surface area (Å²) in [4.78, 5) is 173. The molecule has 0 aromatic carbocycles. The Balaban J connectivity index is 2.99. The van der Waals surface area contributed by atoms with Crippen molar-refractivity contribution in [3.05, 3.63) is 24.3 Å². The molecular formula is C68H120N12O14. The third-order valence-corrected chi connectivity index (χ3v) is 17.8. The molecule has 536 valence electrons. The van der Waals surface area contributed by atoms with Gasteiger partial charge in [0.15, 0.2) is 0 Å². The highest BCUT2D eigenvalue weighted by molar-refractivity contribution is 5.99. The summed E-state index contributed by atoms with van der Waals surface area (Å²) >= 11 is 0. The van der Waals surface area contributed by atoms with Gasteiger partial charge >= 0.3 is 0 Å². The zero-order valence-corrected chi connectivity index (χ0v) is 61.0. The smallest absolute Gasteiger partial charge is 0.246 e. The molecule has 5 N–H and O–H groups in total. The zero-order valence-electron chi connectivity index (χ0n) is 61.0. The fraction of sp³-hybridized carbons (Fsp3) is 0.779. The van der Waals surface area contributed by atoms with Crippen molar-refractivity contribution in [3.8, 4) is 0 Å². The van der Waals surface area contributed by atoms with Crippen molar-refractivity contribution in [1.82, 2.24) is 60.5 Å². The number of nitrogens with one attached hydrogen (secondary N) is 4. The first-order valence-electron chi connectivity index (χ1n) is 33.7. The molecule has 13 atom stereocenters. The van der Waals surface area contributed by atoms with E-state index in [1.807, 2.05) is 47.6 Å². The highest BCUT2D eigenvalue weighted by atomic mass is 16.5. The molecule has 2 fully saturated rings. The maximum absolute atomic E-state index is 15.2. The van der Waals surface area contributed by atoms with Crippen LogP contribution in [0.2, 0.25) is 0 Å². The van der Waals surface area contributed by atoms with Crippen LogP contribution >= 0.6 is 0 Å². The van der Waals surface area contributed by atoms with Gasteiger partial charge in [-0.05, 0) is 95.3 Å². The van der Waals surface area contributed by atoms with E-state index in [2.05, 4.69) is 26.2 Å². The van der Waals surface area contributed by atoms with Gasteiger partial charge in [-0.25, -0.2) is 0 Å². The lowest BCUT2D eigenvalue weighted by atomic mass is 9.91. The number of hydrogen-bond donors (Lipinski definition) is 5. The van der Waals surface area contributed by atoms with E-state index in [9.17, 15) is 43.5 Å². The Morgan fingerprint density at radius 1 is 0.521 bits per heavy atom. The van der Waals surface area contributed by atoms with E-state index in [0.29, 0.717) is 26.2 Å². The van der Waals surface area contributed by atoms with Crippen LogP contribution in [0.15, 0.2) is 24.3 Å². The average molecular weight is 1330 g/mol. The van der Waals surface area contributed by atoms with Gasteiger partial charge in [0.1, 0.15) is 60.4 Å². The number of aliphatic hydroxyl groups is 1. The molecule has 2 aliphatic heterocycles. The molecule has 2 rings (SSSR count). The van der Waals surface area contributed by atoms with Gasteiger partial charge in [0, 0.05) is 69.0 Å². The number of ether oxygens (including phenoxy) is 2. The Morgan fingerprint density at radius 2 is 1.01 bits per heavy atom. The number of allylic oxidation sites excluding steroid dienone is 2. The molecule has 94 heavy (non-hydrogen) atoms. The third-order valence-electron chi connectivity index (χ3n) is 17.8. The Kier molecular flexibility index (Phi) is 35.1. The Bertz CT molecular complexity index is 2590. The topological polar surface area (TPSA) is 300 Å². The molecule has 0 radical (unpaired) electrons. The molecule has 0 aromatic rings. The van der Waals surface area contributed by atoms with Crippen molar-refractivity contribution < 1.29 is 67.3 Å². The summed E-state index contributed by atoms with van der Waals surface area (Å²) in [7, 11) is 9.82. The van der Waals surface area contributed by atoms with Crippen molar-refractivity contribution in [1.29, 1.82) is 0 Å². The first-order valence-corrected chi connectivity index (χ1v) is 33.7. The molecule has 0 bridgehead atoms. The van der Waals surface area contributed by atoms with E-state index in [4.69, 9.17) is 9.47 Å². The molecule has 2 saturated heterocycles. The summed E-state index contributed by atoms with van der Waals surface area (Å²) in [6.45, 7) is 30.4. The number of hydrogen-bond acceptors (Lipinski definition) is 15. The van der Waals surface area contributed by atoms with E-state index in [1.54, 1.807) is 73.6 Å². The van der Waals surface area contributed by atoms with Crippen LogP contribution in [-0.2, 0) is 62.2 Å². The summed E-state index contributed by atoms with van der Waals surface area (Å²) in [5.41, 5.74) is 0. The zero-order chi connectivity index (χ0) is 71.9. The van der Waals surface area contributed by atoms with Crippen molar-refractivity contribution in [2.24, 2.45) is 35.5 Å². The number of morpholine rings is 1. The van der Waals surface area contributed by atoms with E-state index in [0.717, 1.165) is 27.8 Å². The number of carbonyl (C=O) groups excluding carboxylic acids is 11. The predicted octanol–water partition coefficient (Wildman–Crippen LogP) is 2.52. The summed E-state index contributed by atoms with van der Waals surface area (Å²) in [6, 6.07) is -12.9. The summed E-state index contributed by atoms with van der Waals surface area (Å²) < 4.78 is 11.7. The first kappa shape index (κ1) is 83.6.